The lowest BCUT2D eigenvalue weighted by atomic mass is 10.1. The minimum absolute atomic E-state index is 0.175. The molecule has 0 saturated carbocycles. The first-order valence-electron chi connectivity index (χ1n) is 6.10. The van der Waals surface area contributed by atoms with Crippen LogP contribution in [-0.2, 0) is 4.79 Å². The van der Waals surface area contributed by atoms with Crippen molar-refractivity contribution < 1.29 is 14.4 Å². The molecule has 2 aromatic heterocycles. The Balaban J connectivity index is 2.01. The second-order valence-electron chi connectivity index (χ2n) is 4.59. The molecule has 1 unspecified atom stereocenters. The van der Waals surface area contributed by atoms with Crippen molar-refractivity contribution in [1.29, 1.82) is 0 Å². The van der Waals surface area contributed by atoms with Crippen molar-refractivity contribution in [2.45, 2.75) is 26.7 Å². The van der Waals surface area contributed by atoms with Crippen LogP contribution >= 0.6 is 0 Å². The molecule has 0 aliphatic rings. The molecule has 0 aromatic carbocycles. The highest BCUT2D eigenvalue weighted by Crippen LogP contribution is 2.22. The number of hydrogen-bond donors (Lipinski definition) is 2. The van der Waals surface area contributed by atoms with E-state index < -0.39 is 5.97 Å². The molecular weight excluding hydrogens is 248 g/mol. The Bertz CT molecular complexity index is 581. The average molecular weight is 264 g/mol. The summed E-state index contributed by atoms with van der Waals surface area (Å²) in [6.45, 7) is 4.47. The molecule has 0 fully saturated rings. The smallest absolute Gasteiger partial charge is 0.303 e. The molecule has 0 bridgehead atoms. The Morgan fingerprint density at radius 1 is 1.53 bits per heavy atom. The van der Waals surface area contributed by atoms with Crippen molar-refractivity contribution >= 4 is 22.9 Å². The summed E-state index contributed by atoms with van der Waals surface area (Å²) in [5.74, 6) is 0.137. The third kappa shape index (κ3) is 3.18. The minimum Gasteiger partial charge on any atom is -0.481 e. The van der Waals surface area contributed by atoms with Crippen LogP contribution in [0, 0.1) is 12.8 Å². The summed E-state index contributed by atoms with van der Waals surface area (Å²) in [7, 11) is 0. The number of hydrogen-bond acceptors (Lipinski definition) is 6. The lowest BCUT2D eigenvalue weighted by molar-refractivity contribution is -0.137. The third-order valence-corrected chi connectivity index (χ3v) is 2.91. The van der Waals surface area contributed by atoms with Crippen LogP contribution in [0.15, 0.2) is 10.9 Å². The molecule has 0 radical (unpaired) electrons. The van der Waals surface area contributed by atoms with Crippen LogP contribution in [-0.4, -0.2) is 32.7 Å². The maximum Gasteiger partial charge on any atom is 0.303 e. The van der Waals surface area contributed by atoms with Gasteiger partial charge in [-0.1, -0.05) is 12.1 Å². The highest BCUT2D eigenvalue weighted by molar-refractivity contribution is 5.87. The van der Waals surface area contributed by atoms with Crippen molar-refractivity contribution in [3.63, 3.8) is 0 Å². The minimum atomic E-state index is -0.772. The monoisotopic (exact) mass is 264 g/mol. The molecule has 2 N–H and O–H groups in total. The van der Waals surface area contributed by atoms with Gasteiger partial charge in [-0.3, -0.25) is 4.79 Å². The molecule has 102 valence electrons. The molecule has 7 heteroatoms. The molecule has 19 heavy (non-hydrogen) atoms. The average Bonchev–Trinajstić information content (AvgIpc) is 2.76. The van der Waals surface area contributed by atoms with Crippen molar-refractivity contribution in [1.82, 2.24) is 15.1 Å². The predicted molar refractivity (Wildman–Crippen MR) is 68.9 cm³/mol. The van der Waals surface area contributed by atoms with Crippen molar-refractivity contribution in [3.8, 4) is 0 Å². The van der Waals surface area contributed by atoms with Crippen LogP contribution in [0.1, 0.15) is 25.5 Å². The van der Waals surface area contributed by atoms with Gasteiger partial charge in [0.25, 0.3) is 5.71 Å². The fraction of sp³-hybridized carbons (Fsp3) is 0.500. The van der Waals surface area contributed by atoms with Crippen molar-refractivity contribution in [2.75, 3.05) is 11.9 Å². The van der Waals surface area contributed by atoms with E-state index in [1.165, 1.54) is 6.33 Å². The van der Waals surface area contributed by atoms with E-state index in [0.717, 1.165) is 11.1 Å². The summed E-state index contributed by atoms with van der Waals surface area (Å²) in [5, 5.41) is 16.4. The van der Waals surface area contributed by atoms with Gasteiger partial charge < -0.3 is 14.9 Å². The fourth-order valence-corrected chi connectivity index (χ4v) is 1.80. The number of carbonyl (C=O) groups is 1. The number of rotatable bonds is 6. The Kier molecular flexibility index (Phi) is 3.94. The first-order valence-corrected chi connectivity index (χ1v) is 6.10. The summed E-state index contributed by atoms with van der Waals surface area (Å²) < 4.78 is 5.06. The van der Waals surface area contributed by atoms with Gasteiger partial charge in [-0.15, -0.1) is 0 Å². The van der Waals surface area contributed by atoms with Crippen LogP contribution in [0.4, 0.5) is 5.82 Å². The lowest BCUT2D eigenvalue weighted by Gasteiger charge is -2.12. The van der Waals surface area contributed by atoms with E-state index in [4.69, 9.17) is 9.63 Å². The number of aryl methyl sites for hydroxylation is 1. The number of nitrogens with zero attached hydrogens (tertiary/aromatic N) is 3. The van der Waals surface area contributed by atoms with Gasteiger partial charge in [0.05, 0.1) is 5.69 Å². The van der Waals surface area contributed by atoms with Crippen LogP contribution in [0.5, 0.6) is 0 Å². The molecule has 7 nitrogen and oxygen atoms in total. The summed E-state index contributed by atoms with van der Waals surface area (Å²) in [6.07, 6.45) is 2.21. The number of anilines is 1. The zero-order valence-corrected chi connectivity index (χ0v) is 10.9. The van der Waals surface area contributed by atoms with Crippen LogP contribution in [0.2, 0.25) is 0 Å². The Morgan fingerprint density at radius 2 is 2.32 bits per heavy atom. The van der Waals surface area contributed by atoms with Gasteiger partial charge in [0.1, 0.15) is 17.5 Å². The van der Waals surface area contributed by atoms with Gasteiger partial charge in [-0.05, 0) is 19.3 Å². The predicted octanol–water partition coefficient (Wildman–Crippen LogP) is 1.84. The highest BCUT2D eigenvalue weighted by Gasteiger charge is 2.12. The van der Waals surface area contributed by atoms with Crippen LogP contribution in [0.25, 0.3) is 11.1 Å². The number of aromatic nitrogens is 3. The fourth-order valence-electron chi connectivity index (χ4n) is 1.80. The second-order valence-corrected chi connectivity index (χ2v) is 4.59. The third-order valence-electron chi connectivity index (χ3n) is 2.91. The van der Waals surface area contributed by atoms with E-state index in [2.05, 4.69) is 20.4 Å². The molecule has 2 heterocycles. The van der Waals surface area contributed by atoms with Crippen molar-refractivity contribution in [3.05, 3.63) is 12.0 Å². The van der Waals surface area contributed by atoms with Crippen LogP contribution < -0.4 is 5.32 Å². The van der Waals surface area contributed by atoms with Crippen LogP contribution in [0.3, 0.4) is 0 Å². The topological polar surface area (TPSA) is 101 Å². The number of carboxylic acid groups (broad SMARTS) is 1. The molecular formula is C12H16N4O3. The zero-order valence-electron chi connectivity index (χ0n) is 10.9. The van der Waals surface area contributed by atoms with Gasteiger partial charge in [-0.2, -0.15) is 4.98 Å². The molecule has 1 atom stereocenters. The Morgan fingerprint density at radius 3 is 3.05 bits per heavy atom. The molecule has 0 amide bonds. The summed E-state index contributed by atoms with van der Waals surface area (Å²) in [6, 6.07) is 0. The maximum atomic E-state index is 10.5. The number of nitrogens with one attached hydrogen (secondary N) is 1. The summed E-state index contributed by atoms with van der Waals surface area (Å²) in [4.78, 5) is 18.7. The first-order chi connectivity index (χ1) is 9.08. The molecule has 0 aliphatic heterocycles. The lowest BCUT2D eigenvalue weighted by Crippen LogP contribution is -2.13. The van der Waals surface area contributed by atoms with E-state index in [0.29, 0.717) is 24.5 Å². The van der Waals surface area contributed by atoms with E-state index in [-0.39, 0.29) is 12.3 Å². The molecule has 2 rings (SSSR count). The van der Waals surface area contributed by atoms with Gasteiger partial charge in [0.15, 0.2) is 0 Å². The zero-order chi connectivity index (χ0) is 13.8. The summed E-state index contributed by atoms with van der Waals surface area (Å²) >= 11 is 0. The van der Waals surface area contributed by atoms with E-state index in [1.807, 2.05) is 13.8 Å². The van der Waals surface area contributed by atoms with Crippen molar-refractivity contribution in [2.24, 2.45) is 5.92 Å². The number of fused-ring (bicyclic) bond motifs is 1. The molecule has 0 saturated heterocycles. The second kappa shape index (κ2) is 5.64. The van der Waals surface area contributed by atoms with Gasteiger partial charge in [-0.25, -0.2) is 4.98 Å². The van der Waals surface area contributed by atoms with Gasteiger partial charge in [0.2, 0.25) is 0 Å². The van der Waals surface area contributed by atoms with E-state index >= 15 is 0 Å². The number of aliphatic carboxylic acids is 1. The van der Waals surface area contributed by atoms with Gasteiger partial charge in [0, 0.05) is 13.0 Å². The Labute approximate surface area is 110 Å². The largest absolute Gasteiger partial charge is 0.481 e. The SMILES string of the molecule is Cc1noc2ncnc(NCC(C)CCC(=O)O)c12. The first kappa shape index (κ1) is 13.3. The quantitative estimate of drug-likeness (QED) is 0.820. The van der Waals surface area contributed by atoms with E-state index in [9.17, 15) is 4.79 Å². The molecule has 0 aliphatic carbocycles. The Hall–Kier alpha value is -2.18. The standard InChI is InChI=1S/C12H16N4O3/c1-7(3-4-9(17)18)5-13-11-10-8(2)16-19-12(10)15-6-14-11/h6-7H,3-5H2,1-2H3,(H,17,18)(H,13,14,15). The van der Waals surface area contributed by atoms with E-state index in [1.54, 1.807) is 0 Å². The molecule has 0 spiro atoms. The maximum absolute atomic E-state index is 10.5. The molecule has 2 aromatic rings. The highest BCUT2D eigenvalue weighted by atomic mass is 16.5. The normalized spacial score (nSPS) is 12.5. The number of carboxylic acids is 1. The van der Waals surface area contributed by atoms with Gasteiger partial charge >= 0.3 is 5.97 Å². The summed E-state index contributed by atoms with van der Waals surface area (Å²) in [5.41, 5.74) is 1.18.